The Kier molecular flexibility index (Phi) is 7.18. The van der Waals surface area contributed by atoms with Gasteiger partial charge in [-0.15, -0.1) is 0 Å². The highest BCUT2D eigenvalue weighted by Crippen LogP contribution is 2.34. The summed E-state index contributed by atoms with van der Waals surface area (Å²) in [5.74, 6) is 1.61. The maximum Gasteiger partial charge on any atom is 0.118 e. The zero-order valence-corrected chi connectivity index (χ0v) is 16.5. The van der Waals surface area contributed by atoms with Crippen molar-refractivity contribution in [1.82, 2.24) is 5.32 Å². The fourth-order valence-corrected chi connectivity index (χ4v) is 3.00. The number of benzene rings is 1. The van der Waals surface area contributed by atoms with Gasteiger partial charge in [0.05, 0.1) is 7.11 Å². The van der Waals surface area contributed by atoms with E-state index in [1.165, 1.54) is 0 Å². The summed E-state index contributed by atoms with van der Waals surface area (Å²) in [7, 11) is 1.66. The molecule has 1 heterocycles. The molecule has 0 fully saturated rings. The van der Waals surface area contributed by atoms with E-state index in [2.05, 4.69) is 50.2 Å². The summed E-state index contributed by atoms with van der Waals surface area (Å²) in [5, 5.41) is 3.34. The molecule has 3 nitrogen and oxygen atoms in total. The molecule has 0 radical (unpaired) electrons. The van der Waals surface area contributed by atoms with Crippen molar-refractivity contribution in [1.29, 1.82) is 0 Å². The first-order valence-corrected chi connectivity index (χ1v) is 9.08. The fraction of sp³-hybridized carbons (Fsp3) is 0.208. The first-order valence-electron chi connectivity index (χ1n) is 9.08. The lowest BCUT2D eigenvalue weighted by molar-refractivity contribution is 0.289. The van der Waals surface area contributed by atoms with E-state index in [9.17, 15) is 0 Å². The molecule has 0 bridgehead atoms. The second kappa shape index (κ2) is 9.58. The first kappa shape index (κ1) is 20.2. The van der Waals surface area contributed by atoms with Crippen LogP contribution in [0.5, 0.6) is 0 Å². The maximum atomic E-state index is 5.48. The van der Waals surface area contributed by atoms with Crippen molar-refractivity contribution < 1.29 is 4.74 Å². The van der Waals surface area contributed by atoms with Gasteiger partial charge < -0.3 is 10.1 Å². The van der Waals surface area contributed by atoms with Gasteiger partial charge in [0.1, 0.15) is 17.3 Å². The molecule has 2 rings (SSSR count). The zero-order chi connectivity index (χ0) is 19.8. The summed E-state index contributed by atoms with van der Waals surface area (Å²) in [5.41, 5.74) is 5.87. The Morgan fingerprint density at radius 1 is 1.22 bits per heavy atom. The topological polar surface area (TPSA) is 33.6 Å². The molecule has 0 atom stereocenters. The van der Waals surface area contributed by atoms with Gasteiger partial charge in [0.15, 0.2) is 0 Å². The van der Waals surface area contributed by atoms with Gasteiger partial charge in [-0.05, 0) is 35.6 Å². The Labute approximate surface area is 162 Å². The summed E-state index contributed by atoms with van der Waals surface area (Å²) in [6, 6.07) is 10.2. The van der Waals surface area contributed by atoms with Gasteiger partial charge in [0, 0.05) is 12.1 Å². The molecule has 3 heteroatoms. The van der Waals surface area contributed by atoms with Gasteiger partial charge >= 0.3 is 0 Å². The Hall–Kier alpha value is -3.07. The summed E-state index contributed by atoms with van der Waals surface area (Å²) in [4.78, 5) is 4.78. The number of methoxy groups -OCH3 is 1. The van der Waals surface area contributed by atoms with E-state index in [4.69, 9.17) is 9.73 Å². The maximum absolute atomic E-state index is 5.48. The van der Waals surface area contributed by atoms with E-state index < -0.39 is 0 Å². The predicted molar refractivity (Wildman–Crippen MR) is 116 cm³/mol. The van der Waals surface area contributed by atoms with E-state index >= 15 is 0 Å². The quantitative estimate of drug-likeness (QED) is 0.483. The van der Waals surface area contributed by atoms with Gasteiger partial charge in [-0.2, -0.15) is 0 Å². The van der Waals surface area contributed by atoms with Gasteiger partial charge in [0.2, 0.25) is 0 Å². The van der Waals surface area contributed by atoms with Crippen molar-refractivity contribution in [2.24, 2.45) is 4.99 Å². The molecular formula is C24H28N2O. The second-order valence-electron chi connectivity index (χ2n) is 6.18. The van der Waals surface area contributed by atoms with E-state index in [0.717, 1.165) is 51.7 Å². The molecule has 1 aliphatic heterocycles. The SMILES string of the molecule is C=C/C(=C\CC)C(=C)NC1=NC(=C(/C)OC)/C(=C(\C=C)c2ccccc2)C1. The van der Waals surface area contributed by atoms with E-state index in [1.807, 2.05) is 31.2 Å². The number of allylic oxidation sites excluding steroid dienone is 6. The largest absolute Gasteiger partial charge is 0.499 e. The predicted octanol–water partition coefficient (Wildman–Crippen LogP) is 5.93. The average molecular weight is 361 g/mol. The van der Waals surface area contributed by atoms with Crippen LogP contribution in [0.25, 0.3) is 5.57 Å². The number of aliphatic imine (C=N–C) groups is 1. The van der Waals surface area contributed by atoms with Gasteiger partial charge in [-0.3, -0.25) is 0 Å². The van der Waals surface area contributed by atoms with Crippen LogP contribution in [0.1, 0.15) is 32.3 Å². The normalized spacial score (nSPS) is 17.7. The van der Waals surface area contributed by atoms with Crippen LogP contribution in [0, 0.1) is 0 Å². The Balaban J connectivity index is 2.44. The number of ether oxygens (including phenoxy) is 1. The minimum absolute atomic E-state index is 0.655. The lowest BCUT2D eigenvalue weighted by Gasteiger charge is -2.11. The van der Waals surface area contributed by atoms with E-state index in [1.54, 1.807) is 13.2 Å². The summed E-state index contributed by atoms with van der Waals surface area (Å²) < 4.78 is 5.48. The fourth-order valence-electron chi connectivity index (χ4n) is 3.00. The lowest BCUT2D eigenvalue weighted by atomic mass is 9.96. The Bertz CT molecular complexity index is 852. The smallest absolute Gasteiger partial charge is 0.118 e. The molecule has 1 N–H and O–H groups in total. The van der Waals surface area contributed by atoms with Crippen molar-refractivity contribution >= 4 is 11.4 Å². The van der Waals surface area contributed by atoms with Crippen molar-refractivity contribution in [2.45, 2.75) is 26.7 Å². The van der Waals surface area contributed by atoms with Crippen molar-refractivity contribution in [2.75, 3.05) is 7.11 Å². The van der Waals surface area contributed by atoms with E-state index in [-0.39, 0.29) is 0 Å². The number of amidine groups is 1. The van der Waals surface area contributed by atoms with Crippen LogP contribution >= 0.6 is 0 Å². The Morgan fingerprint density at radius 2 is 1.93 bits per heavy atom. The standard InChI is InChI=1S/C24H28N2O/c1-7-13-19(8-2)17(4)25-23-16-22(24(26-23)18(5)27-6)21(9-3)20-14-11-10-12-15-20/h8-15H,2-4,7,16H2,1,5-6H3,(H,25,26)/b19-13+,22-21+,24-18-. The third kappa shape index (κ3) is 4.76. The molecule has 1 aromatic rings. The third-order valence-electron chi connectivity index (χ3n) is 4.42. The van der Waals surface area contributed by atoms with Crippen LogP contribution in [0.4, 0.5) is 0 Å². The highest BCUT2D eigenvalue weighted by Gasteiger charge is 2.24. The van der Waals surface area contributed by atoms with Crippen molar-refractivity contribution in [3.8, 4) is 0 Å². The first-order chi connectivity index (χ1) is 13.0. The number of hydrogen-bond donors (Lipinski definition) is 1. The number of rotatable bonds is 7. The molecule has 0 spiro atoms. The second-order valence-corrected chi connectivity index (χ2v) is 6.18. The molecule has 0 saturated heterocycles. The lowest BCUT2D eigenvalue weighted by Crippen LogP contribution is -2.21. The van der Waals surface area contributed by atoms with Crippen molar-refractivity contribution in [3.05, 3.63) is 102 Å². The minimum atomic E-state index is 0.655. The summed E-state index contributed by atoms with van der Waals surface area (Å²) >= 11 is 0. The molecular weight excluding hydrogens is 332 g/mol. The average Bonchev–Trinajstić information content (AvgIpc) is 3.10. The van der Waals surface area contributed by atoms with Crippen molar-refractivity contribution in [3.63, 3.8) is 0 Å². The summed E-state index contributed by atoms with van der Waals surface area (Å²) in [6.45, 7) is 16.0. The molecule has 0 aromatic heterocycles. The van der Waals surface area contributed by atoms with Gasteiger partial charge in [-0.25, -0.2) is 4.99 Å². The van der Waals surface area contributed by atoms with Crippen LogP contribution in [0.2, 0.25) is 0 Å². The highest BCUT2D eigenvalue weighted by molar-refractivity contribution is 5.96. The van der Waals surface area contributed by atoms with E-state index in [0.29, 0.717) is 6.42 Å². The zero-order valence-electron chi connectivity index (χ0n) is 16.5. The number of nitrogens with one attached hydrogen (secondary N) is 1. The van der Waals surface area contributed by atoms with Crippen LogP contribution in [0.3, 0.4) is 0 Å². The molecule has 1 aromatic carbocycles. The van der Waals surface area contributed by atoms with Crippen LogP contribution in [0.15, 0.2) is 102 Å². The van der Waals surface area contributed by atoms with Crippen LogP contribution in [-0.2, 0) is 4.74 Å². The molecule has 140 valence electrons. The third-order valence-corrected chi connectivity index (χ3v) is 4.42. The highest BCUT2D eigenvalue weighted by atomic mass is 16.5. The monoisotopic (exact) mass is 360 g/mol. The molecule has 1 aliphatic rings. The Morgan fingerprint density at radius 3 is 2.48 bits per heavy atom. The molecule has 0 amide bonds. The summed E-state index contributed by atoms with van der Waals surface area (Å²) in [6.07, 6.45) is 7.35. The molecule has 0 unspecified atom stereocenters. The van der Waals surface area contributed by atoms with Crippen LogP contribution < -0.4 is 5.32 Å². The molecule has 27 heavy (non-hydrogen) atoms. The minimum Gasteiger partial charge on any atom is -0.499 e. The molecule has 0 saturated carbocycles. The van der Waals surface area contributed by atoms with Crippen LogP contribution in [-0.4, -0.2) is 12.9 Å². The number of hydrogen-bond acceptors (Lipinski definition) is 3. The number of nitrogens with zero attached hydrogens (tertiary/aromatic N) is 1. The van der Waals surface area contributed by atoms with Gasteiger partial charge in [-0.1, -0.05) is 75.2 Å². The molecule has 0 aliphatic carbocycles. The van der Waals surface area contributed by atoms with Gasteiger partial charge in [0.25, 0.3) is 0 Å².